The number of methoxy groups -OCH3 is 1. The molecule has 2 rings (SSSR count). The number of aliphatic hydroxyl groups is 1. The number of carbonyl (C=O) groups is 1. The lowest BCUT2D eigenvalue weighted by atomic mass is 10.1. The molecule has 4 nitrogen and oxygen atoms in total. The highest BCUT2D eigenvalue weighted by Gasteiger charge is 2.09. The lowest BCUT2D eigenvalue weighted by molar-refractivity contribution is -0.120. The van der Waals surface area contributed by atoms with Crippen molar-refractivity contribution in [2.24, 2.45) is 0 Å². The molecule has 0 saturated heterocycles. The molecule has 0 spiro atoms. The van der Waals surface area contributed by atoms with E-state index in [0.717, 1.165) is 16.9 Å². The Morgan fingerprint density at radius 3 is 2.43 bits per heavy atom. The lowest BCUT2D eigenvalue weighted by Crippen LogP contribution is -2.29. The van der Waals surface area contributed by atoms with Crippen LogP contribution in [0.3, 0.4) is 0 Å². The second-order valence-electron chi connectivity index (χ2n) is 4.76. The average Bonchev–Trinajstić information content (AvgIpc) is 2.54. The van der Waals surface area contributed by atoms with Gasteiger partial charge in [-0.3, -0.25) is 4.79 Å². The van der Waals surface area contributed by atoms with Gasteiger partial charge in [-0.1, -0.05) is 42.5 Å². The van der Waals surface area contributed by atoms with Crippen molar-refractivity contribution in [3.05, 3.63) is 65.7 Å². The van der Waals surface area contributed by atoms with E-state index in [1.54, 1.807) is 7.11 Å². The highest BCUT2D eigenvalue weighted by Crippen LogP contribution is 2.12. The van der Waals surface area contributed by atoms with Crippen molar-refractivity contribution in [1.29, 1.82) is 0 Å². The minimum absolute atomic E-state index is 0.116. The van der Waals surface area contributed by atoms with Crippen molar-refractivity contribution in [1.82, 2.24) is 5.32 Å². The van der Waals surface area contributed by atoms with Gasteiger partial charge in [0.05, 0.1) is 19.6 Å². The van der Waals surface area contributed by atoms with Crippen LogP contribution in [0, 0.1) is 0 Å². The summed E-state index contributed by atoms with van der Waals surface area (Å²) in [6.45, 7) is 0.207. The Morgan fingerprint density at radius 1 is 1.14 bits per heavy atom. The number of hydrogen-bond acceptors (Lipinski definition) is 3. The first-order valence-electron chi connectivity index (χ1n) is 6.81. The van der Waals surface area contributed by atoms with Gasteiger partial charge in [0, 0.05) is 6.54 Å². The molecule has 0 radical (unpaired) electrons. The minimum Gasteiger partial charge on any atom is -0.497 e. The molecule has 0 heterocycles. The van der Waals surface area contributed by atoms with Crippen LogP contribution in [-0.2, 0) is 11.2 Å². The summed E-state index contributed by atoms with van der Waals surface area (Å²) in [5, 5.41) is 12.7. The number of nitrogens with one attached hydrogen (secondary N) is 1. The summed E-state index contributed by atoms with van der Waals surface area (Å²) in [6.07, 6.45) is -0.406. The van der Waals surface area contributed by atoms with Crippen LogP contribution in [0.5, 0.6) is 5.75 Å². The van der Waals surface area contributed by atoms with Crippen LogP contribution < -0.4 is 10.1 Å². The predicted octanol–water partition coefficient (Wildman–Crippen LogP) is 2.09. The van der Waals surface area contributed by atoms with Gasteiger partial charge in [-0.2, -0.15) is 0 Å². The Kier molecular flexibility index (Phi) is 5.35. The summed E-state index contributed by atoms with van der Waals surface area (Å²) >= 11 is 0. The van der Waals surface area contributed by atoms with Crippen molar-refractivity contribution in [2.75, 3.05) is 13.7 Å². The van der Waals surface area contributed by atoms with Gasteiger partial charge in [0.25, 0.3) is 0 Å². The maximum absolute atomic E-state index is 11.8. The Hall–Kier alpha value is -2.33. The quantitative estimate of drug-likeness (QED) is 0.854. The summed E-state index contributed by atoms with van der Waals surface area (Å²) in [5.41, 5.74) is 1.70. The fourth-order valence-electron chi connectivity index (χ4n) is 1.99. The average molecular weight is 285 g/mol. The maximum atomic E-state index is 11.8. The third-order valence-electron chi connectivity index (χ3n) is 3.20. The molecule has 21 heavy (non-hydrogen) atoms. The molecule has 1 unspecified atom stereocenters. The van der Waals surface area contributed by atoms with E-state index in [1.165, 1.54) is 0 Å². The van der Waals surface area contributed by atoms with Crippen LogP contribution in [0.25, 0.3) is 0 Å². The standard InChI is InChI=1S/C17H19NO3/c1-21-15-9-7-13(8-10-15)11-17(20)18-12-16(19)14-5-3-2-4-6-14/h2-10,16,19H,11-12H2,1H3,(H,18,20). The first-order valence-corrected chi connectivity index (χ1v) is 6.81. The second kappa shape index (κ2) is 7.45. The van der Waals surface area contributed by atoms with Gasteiger partial charge in [-0.15, -0.1) is 0 Å². The molecule has 0 fully saturated rings. The molecule has 1 amide bonds. The van der Waals surface area contributed by atoms with Crippen LogP contribution in [0.15, 0.2) is 54.6 Å². The maximum Gasteiger partial charge on any atom is 0.224 e. The van der Waals surface area contributed by atoms with Gasteiger partial charge in [0.1, 0.15) is 5.75 Å². The van der Waals surface area contributed by atoms with Gasteiger partial charge >= 0.3 is 0 Å². The van der Waals surface area contributed by atoms with Crippen molar-refractivity contribution in [3.63, 3.8) is 0 Å². The zero-order valence-corrected chi connectivity index (χ0v) is 12.0. The van der Waals surface area contributed by atoms with Crippen molar-refractivity contribution >= 4 is 5.91 Å². The molecule has 0 bridgehead atoms. The van der Waals surface area contributed by atoms with Crippen LogP contribution in [-0.4, -0.2) is 24.7 Å². The van der Waals surface area contributed by atoms with E-state index in [1.807, 2.05) is 54.6 Å². The molecule has 2 aromatic rings. The van der Waals surface area contributed by atoms with Gasteiger partial charge in [0.15, 0.2) is 0 Å². The zero-order chi connectivity index (χ0) is 15.1. The highest BCUT2D eigenvalue weighted by molar-refractivity contribution is 5.78. The molecule has 0 saturated carbocycles. The fourth-order valence-corrected chi connectivity index (χ4v) is 1.99. The fraction of sp³-hybridized carbons (Fsp3) is 0.235. The summed E-state index contributed by atoms with van der Waals surface area (Å²) < 4.78 is 5.07. The molecule has 0 aromatic heterocycles. The number of aliphatic hydroxyl groups excluding tert-OH is 1. The molecule has 0 aliphatic heterocycles. The van der Waals surface area contributed by atoms with E-state index in [4.69, 9.17) is 4.74 Å². The lowest BCUT2D eigenvalue weighted by Gasteiger charge is -2.12. The predicted molar refractivity (Wildman–Crippen MR) is 81.1 cm³/mol. The Bertz CT molecular complexity index is 566. The van der Waals surface area contributed by atoms with Crippen molar-refractivity contribution < 1.29 is 14.6 Å². The summed E-state index contributed by atoms with van der Waals surface area (Å²) in [4.78, 5) is 11.8. The highest BCUT2D eigenvalue weighted by atomic mass is 16.5. The van der Waals surface area contributed by atoms with E-state index in [9.17, 15) is 9.90 Å². The van der Waals surface area contributed by atoms with Gasteiger partial charge in [0.2, 0.25) is 5.91 Å². The van der Waals surface area contributed by atoms with Crippen LogP contribution in [0.4, 0.5) is 0 Å². The summed E-state index contributed by atoms with van der Waals surface area (Å²) in [7, 11) is 1.60. The first-order chi connectivity index (χ1) is 10.2. The van der Waals surface area contributed by atoms with E-state index in [-0.39, 0.29) is 18.9 Å². The Balaban J connectivity index is 1.81. The topological polar surface area (TPSA) is 58.6 Å². The van der Waals surface area contributed by atoms with E-state index < -0.39 is 6.10 Å². The molecular formula is C17H19NO3. The van der Waals surface area contributed by atoms with Crippen molar-refractivity contribution in [3.8, 4) is 5.75 Å². The minimum atomic E-state index is -0.689. The largest absolute Gasteiger partial charge is 0.497 e. The van der Waals surface area contributed by atoms with Crippen LogP contribution in [0.1, 0.15) is 17.2 Å². The number of amides is 1. The molecule has 2 aromatic carbocycles. The van der Waals surface area contributed by atoms with Crippen LogP contribution >= 0.6 is 0 Å². The summed E-state index contributed by atoms with van der Waals surface area (Å²) in [6, 6.07) is 16.6. The van der Waals surface area contributed by atoms with E-state index in [0.29, 0.717) is 0 Å². The molecular weight excluding hydrogens is 266 g/mol. The van der Waals surface area contributed by atoms with Gasteiger partial charge in [-0.25, -0.2) is 0 Å². The molecule has 4 heteroatoms. The van der Waals surface area contributed by atoms with E-state index in [2.05, 4.69) is 5.32 Å². The SMILES string of the molecule is COc1ccc(CC(=O)NCC(O)c2ccccc2)cc1. The monoisotopic (exact) mass is 285 g/mol. The molecule has 110 valence electrons. The third kappa shape index (κ3) is 4.61. The number of carbonyl (C=O) groups excluding carboxylic acids is 1. The Morgan fingerprint density at radius 2 is 1.81 bits per heavy atom. The summed E-state index contributed by atoms with van der Waals surface area (Å²) in [5.74, 6) is 0.647. The second-order valence-corrected chi connectivity index (χ2v) is 4.76. The third-order valence-corrected chi connectivity index (χ3v) is 3.20. The number of ether oxygens (including phenoxy) is 1. The Labute approximate surface area is 124 Å². The van der Waals surface area contributed by atoms with Crippen molar-refractivity contribution in [2.45, 2.75) is 12.5 Å². The molecule has 1 atom stereocenters. The number of benzene rings is 2. The molecule has 0 aliphatic rings. The normalized spacial score (nSPS) is 11.7. The van der Waals surface area contributed by atoms with Gasteiger partial charge in [-0.05, 0) is 23.3 Å². The zero-order valence-electron chi connectivity index (χ0n) is 12.0. The van der Waals surface area contributed by atoms with Crippen LogP contribution in [0.2, 0.25) is 0 Å². The molecule has 2 N–H and O–H groups in total. The number of hydrogen-bond donors (Lipinski definition) is 2. The number of rotatable bonds is 6. The smallest absolute Gasteiger partial charge is 0.224 e. The van der Waals surface area contributed by atoms with Gasteiger partial charge < -0.3 is 15.2 Å². The molecule has 0 aliphatic carbocycles. The first kappa shape index (κ1) is 15.1. The van der Waals surface area contributed by atoms with E-state index >= 15 is 0 Å².